The zero-order valence-electron chi connectivity index (χ0n) is 20.5. The van der Waals surface area contributed by atoms with Crippen LogP contribution in [0.15, 0.2) is 48.0 Å². The second kappa shape index (κ2) is 8.63. The van der Waals surface area contributed by atoms with E-state index in [1.807, 2.05) is 12.1 Å². The van der Waals surface area contributed by atoms with Gasteiger partial charge in [0.25, 0.3) is 11.8 Å². The van der Waals surface area contributed by atoms with Crippen molar-refractivity contribution in [2.24, 2.45) is 0 Å². The number of ether oxygens (including phenoxy) is 1. The van der Waals surface area contributed by atoms with Crippen molar-refractivity contribution < 1.29 is 19.1 Å². The molecule has 1 N–H and O–H groups in total. The highest BCUT2D eigenvalue weighted by molar-refractivity contribution is 6.39. The molecule has 7 heteroatoms. The maximum atomic E-state index is 13.2. The summed E-state index contributed by atoms with van der Waals surface area (Å²) < 4.78 is 5.14. The normalized spacial score (nSPS) is 21.1. The number of nitrogens with one attached hydrogen (secondary N) is 1. The molecule has 0 aliphatic carbocycles. The molecule has 1 fully saturated rings. The third kappa shape index (κ3) is 4.06. The largest absolute Gasteiger partial charge is 0.497 e. The Morgan fingerprint density at radius 3 is 2.38 bits per heavy atom. The highest BCUT2D eigenvalue weighted by Crippen LogP contribution is 2.44. The number of carbonyl (C=O) groups excluding carboxylic acids is 3. The molecule has 1 saturated heterocycles. The number of methoxy groups -OCH3 is 1. The molecule has 2 aliphatic rings. The number of urea groups is 1. The molecule has 2 aromatic rings. The van der Waals surface area contributed by atoms with Crippen LogP contribution in [0, 0.1) is 0 Å². The molecule has 0 saturated carbocycles. The molecule has 1 atom stereocenters. The van der Waals surface area contributed by atoms with E-state index in [2.05, 4.69) is 50.9 Å². The van der Waals surface area contributed by atoms with Gasteiger partial charge in [-0.15, -0.1) is 0 Å². The summed E-state index contributed by atoms with van der Waals surface area (Å²) in [6, 6.07) is 12.1. The van der Waals surface area contributed by atoms with Crippen LogP contribution in [-0.4, -0.2) is 36.5 Å². The van der Waals surface area contributed by atoms with E-state index in [-0.39, 0.29) is 11.1 Å². The maximum absolute atomic E-state index is 13.2. The van der Waals surface area contributed by atoms with Crippen molar-refractivity contribution in [3.05, 3.63) is 59.2 Å². The average Bonchev–Trinajstić information content (AvgIpc) is 2.76. The van der Waals surface area contributed by atoms with Gasteiger partial charge in [0.05, 0.1) is 12.8 Å². The summed E-state index contributed by atoms with van der Waals surface area (Å²) in [7, 11) is 1.54. The first-order chi connectivity index (χ1) is 16.0. The molecule has 1 unspecified atom stereocenters. The minimum atomic E-state index is -0.772. The second-order valence-electron chi connectivity index (χ2n) is 9.86. The number of carbonyl (C=O) groups is 3. The van der Waals surface area contributed by atoms with E-state index in [0.29, 0.717) is 23.4 Å². The van der Waals surface area contributed by atoms with Crippen LogP contribution in [0.25, 0.3) is 6.08 Å². The topological polar surface area (TPSA) is 79.0 Å². The van der Waals surface area contributed by atoms with Gasteiger partial charge in [-0.25, -0.2) is 9.69 Å². The maximum Gasteiger partial charge on any atom is 0.335 e. The number of rotatable bonds is 4. The zero-order chi connectivity index (χ0) is 24.8. The van der Waals surface area contributed by atoms with Crippen LogP contribution < -0.4 is 19.9 Å². The van der Waals surface area contributed by atoms with Crippen LogP contribution in [0.5, 0.6) is 5.75 Å². The number of amides is 4. The third-order valence-electron chi connectivity index (χ3n) is 6.56. The molecule has 178 valence electrons. The summed E-state index contributed by atoms with van der Waals surface area (Å²) in [6.07, 6.45) is 2.56. The highest BCUT2D eigenvalue weighted by atomic mass is 16.5. The highest BCUT2D eigenvalue weighted by Gasteiger charge is 2.39. The first kappa shape index (κ1) is 23.5. The van der Waals surface area contributed by atoms with Gasteiger partial charge in [0.2, 0.25) is 0 Å². The number of hydrogen-bond donors (Lipinski definition) is 1. The lowest BCUT2D eigenvalue weighted by molar-refractivity contribution is -0.122. The van der Waals surface area contributed by atoms with Crippen molar-refractivity contribution in [3.63, 3.8) is 0 Å². The zero-order valence-corrected chi connectivity index (χ0v) is 20.5. The number of nitrogens with zero attached hydrogens (tertiary/aromatic N) is 2. The molecule has 2 heterocycles. The van der Waals surface area contributed by atoms with E-state index in [1.165, 1.54) is 18.4 Å². The minimum absolute atomic E-state index is 0.0268. The summed E-state index contributed by atoms with van der Waals surface area (Å²) in [5, 5.41) is 2.28. The smallest absolute Gasteiger partial charge is 0.335 e. The Morgan fingerprint density at radius 1 is 1.09 bits per heavy atom. The Bertz CT molecular complexity index is 1180. The predicted molar refractivity (Wildman–Crippen MR) is 133 cm³/mol. The summed E-state index contributed by atoms with van der Waals surface area (Å²) in [4.78, 5) is 41.7. The molecule has 0 spiro atoms. The molecule has 2 aliphatic heterocycles. The standard InChI is InChI=1S/C27H31N3O4/c1-16(2)30-23-12-7-18(13-21(23)17(3)15-27(30,4)5)14-22-24(31)28-26(33)29(25(22)32)19-8-10-20(34-6)11-9-19/h7-14,16-17H,15H2,1-6H3,(H,28,31,33)/b22-14+. The minimum Gasteiger partial charge on any atom is -0.497 e. The number of fused-ring (bicyclic) bond motifs is 1. The molecular weight excluding hydrogens is 430 g/mol. The van der Waals surface area contributed by atoms with Gasteiger partial charge >= 0.3 is 6.03 Å². The number of barbiturate groups is 1. The summed E-state index contributed by atoms with van der Waals surface area (Å²) in [5.74, 6) is -0.432. The molecule has 7 nitrogen and oxygen atoms in total. The van der Waals surface area contributed by atoms with Crippen LogP contribution in [0.4, 0.5) is 16.2 Å². The van der Waals surface area contributed by atoms with Crippen LogP contribution in [0.3, 0.4) is 0 Å². The third-order valence-corrected chi connectivity index (χ3v) is 6.56. The van der Waals surface area contributed by atoms with E-state index in [0.717, 1.165) is 16.9 Å². The first-order valence-electron chi connectivity index (χ1n) is 11.5. The van der Waals surface area contributed by atoms with Crippen LogP contribution in [0.1, 0.15) is 58.1 Å². The van der Waals surface area contributed by atoms with Crippen molar-refractivity contribution in [3.8, 4) is 5.75 Å². The molecule has 4 rings (SSSR count). The molecule has 0 bridgehead atoms. The Morgan fingerprint density at radius 2 is 1.76 bits per heavy atom. The van der Waals surface area contributed by atoms with Crippen molar-refractivity contribution in [2.75, 3.05) is 16.9 Å². The van der Waals surface area contributed by atoms with E-state index in [4.69, 9.17) is 4.74 Å². The lowest BCUT2D eigenvalue weighted by Gasteiger charge is -2.50. The fraction of sp³-hybridized carbons (Fsp3) is 0.370. The quantitative estimate of drug-likeness (QED) is 0.520. The van der Waals surface area contributed by atoms with Gasteiger partial charge in [0.1, 0.15) is 11.3 Å². The van der Waals surface area contributed by atoms with Crippen molar-refractivity contribution in [2.45, 2.75) is 58.5 Å². The van der Waals surface area contributed by atoms with E-state index in [9.17, 15) is 14.4 Å². The second-order valence-corrected chi connectivity index (χ2v) is 9.86. The van der Waals surface area contributed by atoms with Crippen molar-refractivity contribution >= 4 is 35.3 Å². The fourth-order valence-electron chi connectivity index (χ4n) is 5.33. The Labute approximate surface area is 200 Å². The molecule has 4 amide bonds. The van der Waals surface area contributed by atoms with Gasteiger partial charge < -0.3 is 9.64 Å². The van der Waals surface area contributed by atoms with Gasteiger partial charge in [-0.3, -0.25) is 14.9 Å². The molecule has 0 radical (unpaired) electrons. The summed E-state index contributed by atoms with van der Waals surface area (Å²) in [5.41, 5.74) is 3.41. The van der Waals surface area contributed by atoms with E-state index >= 15 is 0 Å². The van der Waals surface area contributed by atoms with Gasteiger partial charge in [-0.2, -0.15) is 0 Å². The summed E-state index contributed by atoms with van der Waals surface area (Å²) in [6.45, 7) is 11.1. The molecular formula is C27H31N3O4. The lowest BCUT2D eigenvalue weighted by atomic mass is 9.78. The van der Waals surface area contributed by atoms with Gasteiger partial charge in [0, 0.05) is 17.3 Å². The van der Waals surface area contributed by atoms with Gasteiger partial charge in [-0.05, 0) is 93.6 Å². The van der Waals surface area contributed by atoms with E-state index < -0.39 is 17.8 Å². The lowest BCUT2D eigenvalue weighted by Crippen LogP contribution is -2.54. The summed E-state index contributed by atoms with van der Waals surface area (Å²) >= 11 is 0. The Balaban J connectivity index is 1.72. The van der Waals surface area contributed by atoms with Crippen LogP contribution >= 0.6 is 0 Å². The predicted octanol–water partition coefficient (Wildman–Crippen LogP) is 4.86. The molecule has 34 heavy (non-hydrogen) atoms. The Kier molecular flexibility index (Phi) is 5.98. The number of benzene rings is 2. The molecule has 2 aromatic carbocycles. The van der Waals surface area contributed by atoms with E-state index in [1.54, 1.807) is 30.3 Å². The molecule has 0 aromatic heterocycles. The number of anilines is 2. The SMILES string of the molecule is COc1ccc(N2C(=O)NC(=O)/C(=C\c3ccc4c(c3)C(C)CC(C)(C)N4C(C)C)C2=O)cc1. The van der Waals surface area contributed by atoms with Gasteiger partial charge in [0.15, 0.2) is 0 Å². The van der Waals surface area contributed by atoms with Crippen LogP contribution in [0.2, 0.25) is 0 Å². The van der Waals surface area contributed by atoms with Crippen molar-refractivity contribution in [1.82, 2.24) is 5.32 Å². The monoisotopic (exact) mass is 461 g/mol. The number of imide groups is 2. The van der Waals surface area contributed by atoms with Crippen molar-refractivity contribution in [1.29, 1.82) is 0 Å². The fourth-order valence-corrected chi connectivity index (χ4v) is 5.33. The average molecular weight is 462 g/mol. The number of hydrogen-bond acceptors (Lipinski definition) is 5. The first-order valence-corrected chi connectivity index (χ1v) is 11.5. The van der Waals surface area contributed by atoms with Gasteiger partial charge in [-0.1, -0.05) is 13.0 Å². The van der Waals surface area contributed by atoms with Crippen LogP contribution in [-0.2, 0) is 9.59 Å². The Hall–Kier alpha value is -3.61.